The smallest absolute Gasteiger partial charge is 0.256 e. The van der Waals surface area contributed by atoms with Gasteiger partial charge >= 0.3 is 0 Å². The molecule has 2 amide bonds. The minimum Gasteiger partial charge on any atom is -0.396 e. The van der Waals surface area contributed by atoms with E-state index in [1.165, 1.54) is 0 Å². The summed E-state index contributed by atoms with van der Waals surface area (Å²) in [5, 5.41) is 12.4. The van der Waals surface area contributed by atoms with Gasteiger partial charge in [-0.25, -0.2) is 0 Å². The summed E-state index contributed by atoms with van der Waals surface area (Å²) in [5.41, 5.74) is 6.43. The number of nitrogens with one attached hydrogen (secondary N) is 2. The van der Waals surface area contributed by atoms with Crippen molar-refractivity contribution < 1.29 is 19.4 Å². The molecule has 0 atom stereocenters. The van der Waals surface area contributed by atoms with Crippen LogP contribution < -0.4 is 5.32 Å². The van der Waals surface area contributed by atoms with E-state index in [4.69, 9.17) is 4.74 Å². The molecule has 0 unspecified atom stereocenters. The number of aliphatic hydroxyl groups excluding tert-OH is 1. The molecule has 8 nitrogen and oxygen atoms in total. The zero-order valence-electron chi connectivity index (χ0n) is 18.9. The van der Waals surface area contributed by atoms with E-state index < -0.39 is 0 Å². The second-order valence-electron chi connectivity index (χ2n) is 8.84. The highest BCUT2D eigenvalue weighted by Crippen LogP contribution is 2.37. The van der Waals surface area contributed by atoms with Crippen molar-refractivity contribution in [2.75, 3.05) is 57.9 Å². The Morgan fingerprint density at radius 3 is 2.73 bits per heavy atom. The zero-order chi connectivity index (χ0) is 22.9. The first-order valence-electron chi connectivity index (χ1n) is 11.6. The molecule has 0 aliphatic carbocycles. The highest BCUT2D eigenvalue weighted by atomic mass is 16.5. The second kappa shape index (κ2) is 9.13. The molecule has 0 saturated carbocycles. The molecule has 0 radical (unpaired) electrons. The molecule has 8 heteroatoms. The van der Waals surface area contributed by atoms with Crippen molar-refractivity contribution in [3.8, 4) is 0 Å². The molecule has 1 saturated heterocycles. The van der Waals surface area contributed by atoms with Gasteiger partial charge in [0.1, 0.15) is 0 Å². The Morgan fingerprint density at radius 1 is 1.12 bits per heavy atom. The van der Waals surface area contributed by atoms with Crippen molar-refractivity contribution in [3.63, 3.8) is 0 Å². The summed E-state index contributed by atoms with van der Waals surface area (Å²) in [6.45, 7) is 7.55. The third kappa shape index (κ3) is 4.10. The van der Waals surface area contributed by atoms with Crippen LogP contribution in [0.5, 0.6) is 0 Å². The number of rotatable bonds is 6. The number of H-pyrrole nitrogens is 1. The van der Waals surface area contributed by atoms with Crippen LogP contribution in [0.1, 0.15) is 38.4 Å². The molecule has 33 heavy (non-hydrogen) atoms. The summed E-state index contributed by atoms with van der Waals surface area (Å²) in [4.78, 5) is 33.7. The van der Waals surface area contributed by atoms with Gasteiger partial charge in [0.2, 0.25) is 0 Å². The number of fused-ring (bicyclic) bond motifs is 2. The number of ether oxygens (including phenoxy) is 1. The van der Waals surface area contributed by atoms with Crippen molar-refractivity contribution in [2.24, 2.45) is 0 Å². The Balaban J connectivity index is 1.40. The fourth-order valence-corrected chi connectivity index (χ4v) is 5.04. The van der Waals surface area contributed by atoms with Gasteiger partial charge in [-0.3, -0.25) is 14.5 Å². The highest BCUT2D eigenvalue weighted by molar-refractivity contribution is 6.35. The van der Waals surface area contributed by atoms with Gasteiger partial charge < -0.3 is 25.0 Å². The molecular weight excluding hydrogens is 420 g/mol. The van der Waals surface area contributed by atoms with Crippen molar-refractivity contribution in [1.29, 1.82) is 0 Å². The van der Waals surface area contributed by atoms with E-state index in [-0.39, 0.29) is 18.4 Å². The molecular formula is C25H30N4O4. The summed E-state index contributed by atoms with van der Waals surface area (Å²) in [6, 6.07) is 5.69. The minimum absolute atomic E-state index is 0.0164. The second-order valence-corrected chi connectivity index (χ2v) is 8.84. The number of hydrogen-bond donors (Lipinski definition) is 3. The van der Waals surface area contributed by atoms with Crippen LogP contribution in [0.2, 0.25) is 0 Å². The summed E-state index contributed by atoms with van der Waals surface area (Å²) < 4.78 is 5.41. The maximum absolute atomic E-state index is 13.3. The summed E-state index contributed by atoms with van der Waals surface area (Å²) in [5.74, 6) is -0.110. The summed E-state index contributed by atoms with van der Waals surface area (Å²) >= 11 is 0. The van der Waals surface area contributed by atoms with E-state index in [0.717, 1.165) is 78.6 Å². The van der Waals surface area contributed by atoms with Crippen LogP contribution in [0, 0.1) is 6.92 Å². The average Bonchev–Trinajstić information content (AvgIpc) is 3.31. The summed E-state index contributed by atoms with van der Waals surface area (Å²) in [7, 11) is 0. The molecule has 3 aliphatic heterocycles. The number of aliphatic hydroxyl groups is 1. The van der Waals surface area contributed by atoms with Gasteiger partial charge in [0, 0.05) is 68.4 Å². The minimum atomic E-state index is -0.166. The molecule has 3 aliphatic rings. The van der Waals surface area contributed by atoms with Crippen LogP contribution in [0.25, 0.3) is 11.6 Å². The molecule has 3 N–H and O–H groups in total. The van der Waals surface area contributed by atoms with Crippen molar-refractivity contribution in [1.82, 2.24) is 14.8 Å². The fraction of sp³-hybridized carbons (Fsp3) is 0.440. The van der Waals surface area contributed by atoms with Crippen LogP contribution in [-0.2, 0) is 22.4 Å². The number of aromatic nitrogens is 1. The molecule has 5 rings (SSSR count). The van der Waals surface area contributed by atoms with E-state index in [1.807, 2.05) is 36.1 Å². The van der Waals surface area contributed by atoms with Gasteiger partial charge in [-0.15, -0.1) is 0 Å². The van der Waals surface area contributed by atoms with E-state index in [0.29, 0.717) is 25.1 Å². The number of benzene rings is 1. The number of morpholine rings is 1. The van der Waals surface area contributed by atoms with Gasteiger partial charge in [-0.05, 0) is 36.6 Å². The third-order valence-corrected chi connectivity index (χ3v) is 6.87. The number of carbonyl (C=O) groups excluding carboxylic acids is 2. The number of hydrogen-bond acceptors (Lipinski definition) is 5. The predicted molar refractivity (Wildman–Crippen MR) is 126 cm³/mol. The van der Waals surface area contributed by atoms with E-state index >= 15 is 0 Å². The van der Waals surface area contributed by atoms with Crippen molar-refractivity contribution >= 4 is 29.2 Å². The van der Waals surface area contributed by atoms with Crippen LogP contribution >= 0.6 is 0 Å². The highest BCUT2D eigenvalue weighted by Gasteiger charge is 2.31. The first-order chi connectivity index (χ1) is 16.1. The Bertz CT molecular complexity index is 1110. The lowest BCUT2D eigenvalue weighted by molar-refractivity contribution is -0.110. The maximum Gasteiger partial charge on any atom is 0.256 e. The molecule has 1 aromatic carbocycles. The Labute approximate surface area is 193 Å². The monoisotopic (exact) mass is 450 g/mol. The first kappa shape index (κ1) is 21.9. The lowest BCUT2D eigenvalue weighted by Gasteiger charge is -2.32. The molecule has 174 valence electrons. The van der Waals surface area contributed by atoms with Gasteiger partial charge in [0.15, 0.2) is 0 Å². The zero-order valence-corrected chi connectivity index (χ0v) is 18.9. The van der Waals surface area contributed by atoms with E-state index in [2.05, 4.69) is 15.2 Å². The standard InChI is InChI=1S/C25H30N4O4/c1-16-21(15-18-23-17(6-12-30)3-2-4-19(23)27-24(18)31)26-20-5-7-29(25(32)22(16)20)9-8-28-10-13-33-14-11-28/h2-4,15,26,30H,5-14H2,1H3,(H,27,31). The normalized spacial score (nSPS) is 19.7. The van der Waals surface area contributed by atoms with E-state index in [1.54, 1.807) is 0 Å². The number of aromatic amines is 1. The third-order valence-electron chi connectivity index (χ3n) is 6.87. The Hall–Kier alpha value is -2.94. The van der Waals surface area contributed by atoms with Gasteiger partial charge in [0.25, 0.3) is 11.8 Å². The topological polar surface area (TPSA) is 97.9 Å². The van der Waals surface area contributed by atoms with Gasteiger partial charge in [-0.1, -0.05) is 12.1 Å². The lowest BCUT2D eigenvalue weighted by Crippen LogP contribution is -2.45. The van der Waals surface area contributed by atoms with Crippen molar-refractivity contribution in [3.05, 3.63) is 51.8 Å². The number of anilines is 1. The molecule has 0 bridgehead atoms. The SMILES string of the molecule is Cc1c(C=C2C(=O)Nc3cccc(CCO)c32)[nH]c2c1C(=O)N(CCN1CCOCC1)CC2. The maximum atomic E-state index is 13.3. The fourth-order valence-electron chi connectivity index (χ4n) is 5.04. The van der Waals surface area contributed by atoms with Gasteiger partial charge in [-0.2, -0.15) is 0 Å². The largest absolute Gasteiger partial charge is 0.396 e. The van der Waals surface area contributed by atoms with Crippen molar-refractivity contribution in [2.45, 2.75) is 19.8 Å². The molecule has 1 aromatic heterocycles. The molecule has 0 spiro atoms. The lowest BCUT2D eigenvalue weighted by atomic mass is 9.96. The van der Waals surface area contributed by atoms with E-state index in [9.17, 15) is 14.7 Å². The average molecular weight is 451 g/mol. The number of nitrogens with zero attached hydrogens (tertiary/aromatic N) is 2. The predicted octanol–water partition coefficient (Wildman–Crippen LogP) is 1.68. The van der Waals surface area contributed by atoms with Gasteiger partial charge in [0.05, 0.1) is 24.4 Å². The number of amides is 2. The van der Waals surface area contributed by atoms with Crippen LogP contribution in [0.3, 0.4) is 0 Å². The summed E-state index contributed by atoms with van der Waals surface area (Å²) in [6.07, 6.45) is 3.10. The first-order valence-corrected chi connectivity index (χ1v) is 11.6. The Kier molecular flexibility index (Phi) is 6.05. The van der Waals surface area contributed by atoms with Crippen LogP contribution in [0.15, 0.2) is 18.2 Å². The van der Waals surface area contributed by atoms with Crippen LogP contribution in [0.4, 0.5) is 5.69 Å². The quantitative estimate of drug-likeness (QED) is 0.582. The molecule has 1 fully saturated rings. The molecule has 4 heterocycles. The Morgan fingerprint density at radius 2 is 1.94 bits per heavy atom. The molecule has 2 aromatic rings. The van der Waals surface area contributed by atoms with Crippen LogP contribution in [-0.4, -0.2) is 84.2 Å². The number of carbonyl (C=O) groups is 2.